The molecule has 1 fully saturated rings. The summed E-state index contributed by atoms with van der Waals surface area (Å²) in [5, 5.41) is 4.01. The topological polar surface area (TPSA) is 47.4 Å². The summed E-state index contributed by atoms with van der Waals surface area (Å²) < 4.78 is 21.1. The molecule has 1 amide bonds. The van der Waals surface area contributed by atoms with Crippen LogP contribution < -0.4 is 0 Å². The molecule has 0 unspecified atom stereocenters. The molecule has 3 rings (SSSR count). The Labute approximate surface area is 134 Å². The van der Waals surface area contributed by atoms with E-state index in [1.807, 2.05) is 6.92 Å². The Morgan fingerprint density at radius 1 is 1.52 bits per heavy atom. The van der Waals surface area contributed by atoms with Gasteiger partial charge in [0.25, 0.3) is 5.91 Å². The Hall–Kier alpha value is -2.21. The molecule has 122 valence electrons. The molecule has 1 aliphatic rings. The first-order valence-electron chi connectivity index (χ1n) is 7.85. The van der Waals surface area contributed by atoms with Crippen molar-refractivity contribution in [3.05, 3.63) is 48.0 Å². The number of rotatable bonds is 5. The highest BCUT2D eigenvalue weighted by Gasteiger charge is 2.23. The zero-order chi connectivity index (χ0) is 16.2. The van der Waals surface area contributed by atoms with Gasteiger partial charge in [0.2, 0.25) is 0 Å². The zero-order valence-corrected chi connectivity index (χ0v) is 13.1. The van der Waals surface area contributed by atoms with Gasteiger partial charge in [-0.3, -0.25) is 4.79 Å². The van der Waals surface area contributed by atoms with Crippen molar-refractivity contribution < 1.29 is 13.9 Å². The summed E-state index contributed by atoms with van der Waals surface area (Å²) in [6.07, 6.45) is 4.22. The number of amides is 1. The van der Waals surface area contributed by atoms with E-state index >= 15 is 0 Å². The first-order chi connectivity index (χ1) is 11.2. The van der Waals surface area contributed by atoms with Gasteiger partial charge >= 0.3 is 0 Å². The number of hydrogen-bond acceptors (Lipinski definition) is 3. The number of carbonyl (C=O) groups is 1. The van der Waals surface area contributed by atoms with Crippen molar-refractivity contribution in [2.75, 3.05) is 26.3 Å². The third-order valence-electron chi connectivity index (χ3n) is 4.12. The van der Waals surface area contributed by atoms with Crippen molar-refractivity contribution >= 4 is 5.91 Å². The molecule has 2 aromatic rings. The van der Waals surface area contributed by atoms with Crippen molar-refractivity contribution in [3.63, 3.8) is 0 Å². The molecule has 2 heterocycles. The highest BCUT2D eigenvalue weighted by atomic mass is 19.1. The van der Waals surface area contributed by atoms with Crippen LogP contribution in [0.2, 0.25) is 0 Å². The Balaban J connectivity index is 1.77. The van der Waals surface area contributed by atoms with Gasteiger partial charge in [0.15, 0.2) is 0 Å². The van der Waals surface area contributed by atoms with Crippen LogP contribution in [0, 0.1) is 11.7 Å². The molecule has 1 saturated heterocycles. The average Bonchev–Trinajstić information content (AvgIpc) is 3.25. The molecule has 0 aliphatic carbocycles. The van der Waals surface area contributed by atoms with Crippen LogP contribution in [0.25, 0.3) is 5.69 Å². The molecule has 0 N–H and O–H groups in total. The number of ether oxygens (including phenoxy) is 1. The molecule has 1 aromatic heterocycles. The Bertz CT molecular complexity index is 666. The summed E-state index contributed by atoms with van der Waals surface area (Å²) in [5.74, 6) is -0.239. The monoisotopic (exact) mass is 317 g/mol. The zero-order valence-electron chi connectivity index (χ0n) is 13.1. The summed E-state index contributed by atoms with van der Waals surface area (Å²) in [6, 6.07) is 6.24. The SMILES string of the molecule is CCN(C[C@@H]1CCOC1)C(=O)c1ccc(-n2cccn2)c(F)c1. The molecule has 0 spiro atoms. The number of hydrogen-bond donors (Lipinski definition) is 0. The molecule has 5 nitrogen and oxygen atoms in total. The second kappa shape index (κ2) is 6.91. The average molecular weight is 317 g/mol. The number of carbonyl (C=O) groups excluding carboxylic acids is 1. The summed E-state index contributed by atoms with van der Waals surface area (Å²) in [7, 11) is 0. The fourth-order valence-electron chi connectivity index (χ4n) is 2.81. The highest BCUT2D eigenvalue weighted by Crippen LogP contribution is 2.18. The van der Waals surface area contributed by atoms with Gasteiger partial charge in [-0.15, -0.1) is 0 Å². The lowest BCUT2D eigenvalue weighted by atomic mass is 10.1. The molecular weight excluding hydrogens is 297 g/mol. The van der Waals surface area contributed by atoms with Crippen LogP contribution in [0.3, 0.4) is 0 Å². The lowest BCUT2D eigenvalue weighted by Gasteiger charge is -2.24. The quantitative estimate of drug-likeness (QED) is 0.851. The molecular formula is C17H20FN3O2. The lowest BCUT2D eigenvalue weighted by Crippen LogP contribution is -2.35. The second-order valence-electron chi connectivity index (χ2n) is 5.69. The standard InChI is InChI=1S/C17H20FN3O2/c1-2-20(11-13-6-9-23-12-13)17(22)14-4-5-16(15(18)10-14)21-8-3-7-19-21/h3-5,7-8,10,13H,2,6,9,11-12H2,1H3/t13-/m0/s1. The van der Waals surface area contributed by atoms with Gasteiger partial charge in [0, 0.05) is 43.6 Å². The van der Waals surface area contributed by atoms with Gasteiger partial charge < -0.3 is 9.64 Å². The smallest absolute Gasteiger partial charge is 0.253 e. The van der Waals surface area contributed by atoms with Crippen LogP contribution in [0.5, 0.6) is 0 Å². The molecule has 0 saturated carbocycles. The van der Waals surface area contributed by atoms with E-state index in [0.717, 1.165) is 13.0 Å². The predicted octanol–water partition coefficient (Wildman–Crippen LogP) is 2.51. The Morgan fingerprint density at radius 3 is 3.00 bits per heavy atom. The first-order valence-corrected chi connectivity index (χ1v) is 7.85. The number of nitrogens with zero attached hydrogens (tertiary/aromatic N) is 3. The molecule has 1 aromatic carbocycles. The fourth-order valence-corrected chi connectivity index (χ4v) is 2.81. The fraction of sp³-hybridized carbons (Fsp3) is 0.412. The minimum atomic E-state index is -0.459. The van der Waals surface area contributed by atoms with Crippen LogP contribution in [0.4, 0.5) is 4.39 Å². The van der Waals surface area contributed by atoms with E-state index in [-0.39, 0.29) is 5.91 Å². The first kappa shape index (κ1) is 15.7. The van der Waals surface area contributed by atoms with Crippen LogP contribution in [-0.2, 0) is 4.74 Å². The Morgan fingerprint density at radius 2 is 2.39 bits per heavy atom. The van der Waals surface area contributed by atoms with Crippen LogP contribution >= 0.6 is 0 Å². The third kappa shape index (κ3) is 3.42. The summed E-state index contributed by atoms with van der Waals surface area (Å²) in [4.78, 5) is 14.4. The molecule has 0 radical (unpaired) electrons. The minimum absolute atomic E-state index is 0.148. The van der Waals surface area contributed by atoms with E-state index in [4.69, 9.17) is 4.74 Å². The number of benzene rings is 1. The van der Waals surface area contributed by atoms with Gasteiger partial charge in [0.1, 0.15) is 11.5 Å². The van der Waals surface area contributed by atoms with Gasteiger partial charge in [-0.25, -0.2) is 9.07 Å². The Kier molecular flexibility index (Phi) is 4.71. The highest BCUT2D eigenvalue weighted by molar-refractivity contribution is 5.94. The summed E-state index contributed by atoms with van der Waals surface area (Å²) in [5.41, 5.74) is 0.693. The maximum absolute atomic E-state index is 14.3. The summed E-state index contributed by atoms with van der Waals surface area (Å²) in [6.45, 7) is 4.62. The van der Waals surface area contributed by atoms with E-state index in [1.54, 1.807) is 35.5 Å². The van der Waals surface area contributed by atoms with Gasteiger partial charge in [0.05, 0.1) is 6.61 Å². The van der Waals surface area contributed by atoms with Crippen molar-refractivity contribution in [2.24, 2.45) is 5.92 Å². The molecule has 23 heavy (non-hydrogen) atoms. The normalized spacial score (nSPS) is 17.4. The van der Waals surface area contributed by atoms with Crippen LogP contribution in [-0.4, -0.2) is 46.9 Å². The largest absolute Gasteiger partial charge is 0.381 e. The van der Waals surface area contributed by atoms with E-state index in [9.17, 15) is 9.18 Å². The maximum Gasteiger partial charge on any atom is 0.253 e. The van der Waals surface area contributed by atoms with E-state index < -0.39 is 5.82 Å². The van der Waals surface area contributed by atoms with Gasteiger partial charge in [-0.2, -0.15) is 5.10 Å². The van der Waals surface area contributed by atoms with E-state index in [2.05, 4.69) is 5.10 Å². The summed E-state index contributed by atoms with van der Waals surface area (Å²) >= 11 is 0. The number of aromatic nitrogens is 2. The van der Waals surface area contributed by atoms with Crippen molar-refractivity contribution in [1.29, 1.82) is 0 Å². The number of halogens is 1. The molecule has 1 atom stereocenters. The lowest BCUT2D eigenvalue weighted by molar-refractivity contribution is 0.0730. The van der Waals surface area contributed by atoms with Crippen molar-refractivity contribution in [3.8, 4) is 5.69 Å². The van der Waals surface area contributed by atoms with Gasteiger partial charge in [-0.1, -0.05) is 0 Å². The maximum atomic E-state index is 14.3. The van der Waals surface area contributed by atoms with Crippen LogP contribution in [0.15, 0.2) is 36.7 Å². The molecule has 1 aliphatic heterocycles. The third-order valence-corrected chi connectivity index (χ3v) is 4.12. The van der Waals surface area contributed by atoms with Crippen molar-refractivity contribution in [1.82, 2.24) is 14.7 Å². The van der Waals surface area contributed by atoms with E-state index in [0.29, 0.717) is 36.9 Å². The van der Waals surface area contributed by atoms with Crippen LogP contribution in [0.1, 0.15) is 23.7 Å². The second-order valence-corrected chi connectivity index (χ2v) is 5.69. The van der Waals surface area contributed by atoms with Crippen molar-refractivity contribution in [2.45, 2.75) is 13.3 Å². The molecule has 6 heteroatoms. The van der Waals surface area contributed by atoms with Gasteiger partial charge in [-0.05, 0) is 37.6 Å². The molecule has 0 bridgehead atoms. The van der Waals surface area contributed by atoms with E-state index in [1.165, 1.54) is 10.7 Å². The predicted molar refractivity (Wildman–Crippen MR) is 84.0 cm³/mol. The minimum Gasteiger partial charge on any atom is -0.381 e.